The van der Waals surface area contributed by atoms with Gasteiger partial charge in [-0.3, -0.25) is 19.2 Å². The highest BCUT2D eigenvalue weighted by molar-refractivity contribution is 5.98. The molecular weight excluding hydrogens is 528 g/mol. The minimum Gasteiger partial charge on any atom is -0.459 e. The molecule has 0 unspecified atom stereocenters. The van der Waals surface area contributed by atoms with Crippen LogP contribution in [0.5, 0.6) is 0 Å². The third-order valence-corrected chi connectivity index (χ3v) is 12.9. The lowest BCUT2D eigenvalue weighted by Gasteiger charge is -2.58. The zero-order valence-electron chi connectivity index (χ0n) is 24.8. The van der Waals surface area contributed by atoms with E-state index in [0.29, 0.717) is 6.42 Å². The van der Waals surface area contributed by atoms with Gasteiger partial charge in [0.25, 0.3) is 0 Å². The molecule has 0 aromatic heterocycles. The number of carbonyl (C=O) groups is 4. The van der Waals surface area contributed by atoms with Crippen molar-refractivity contribution in [3.8, 4) is 0 Å². The molecule has 3 saturated carbocycles. The van der Waals surface area contributed by atoms with Gasteiger partial charge in [-0.1, -0.05) is 13.8 Å². The van der Waals surface area contributed by atoms with Crippen LogP contribution < -0.4 is 0 Å². The molecule has 9 heteroatoms. The fraction of sp³-hybridized carbons (Fsp3) is 0.812. The van der Waals surface area contributed by atoms with Crippen LogP contribution in [-0.2, 0) is 42.9 Å². The number of fused-ring (bicyclic) bond motifs is 3. The highest BCUT2D eigenvalue weighted by Crippen LogP contribution is 2.76. The summed E-state index contributed by atoms with van der Waals surface area (Å²) in [5, 5.41) is 0. The van der Waals surface area contributed by atoms with Crippen LogP contribution in [0.3, 0.4) is 0 Å². The van der Waals surface area contributed by atoms with Crippen LogP contribution in [0.1, 0.15) is 80.1 Å². The summed E-state index contributed by atoms with van der Waals surface area (Å²) in [6.45, 7) is 10.9. The molecule has 6 fully saturated rings. The first kappa shape index (κ1) is 27.6. The molecule has 0 N–H and O–H groups in total. The van der Waals surface area contributed by atoms with E-state index in [-0.39, 0.29) is 65.3 Å². The van der Waals surface area contributed by atoms with Crippen LogP contribution in [0.2, 0.25) is 0 Å². The van der Waals surface area contributed by atoms with Gasteiger partial charge in [-0.25, -0.2) is 0 Å². The standard InChI is InChI=1S/C32H42O9/c1-15-13-25(39-27(36)16(15)2)30(6)22-8-7-21-19-14-26-32(40-26)24(37-17(3)33)10-9-23(35)29(32,5)20(19)11-12-31(21,22)28(41-30)38-18(4)34/h9-10,15-16,19-22,24-26,28H,7-8,11-14H2,1-6H3/t15-,16+,19+,20-,21-,22+,24-,25+,26+,28+,29-,30+,31+,32+/m0/s1. The summed E-state index contributed by atoms with van der Waals surface area (Å²) in [5.41, 5.74) is -2.87. The highest BCUT2D eigenvalue weighted by atomic mass is 16.7. The van der Waals surface area contributed by atoms with Crippen LogP contribution >= 0.6 is 0 Å². The summed E-state index contributed by atoms with van der Waals surface area (Å²) in [5.74, 6) is -0.568. The molecule has 0 aromatic carbocycles. The number of rotatable bonds is 3. The predicted octanol–water partition coefficient (Wildman–Crippen LogP) is 3.91. The number of epoxide rings is 1. The number of ether oxygens (including phenoxy) is 5. The van der Waals surface area contributed by atoms with Crippen molar-refractivity contribution in [1.29, 1.82) is 0 Å². The van der Waals surface area contributed by atoms with Crippen molar-refractivity contribution in [3.63, 3.8) is 0 Å². The van der Waals surface area contributed by atoms with E-state index >= 15 is 0 Å². The number of hydrogen-bond acceptors (Lipinski definition) is 9. The zero-order chi connectivity index (χ0) is 29.3. The Hall–Kier alpha value is -2.26. The summed E-state index contributed by atoms with van der Waals surface area (Å²) in [6, 6.07) is 0. The number of ketones is 1. The Labute approximate surface area is 241 Å². The van der Waals surface area contributed by atoms with Gasteiger partial charge in [0.1, 0.15) is 17.3 Å². The number of cyclic esters (lactones) is 1. The molecule has 7 rings (SSSR count). The maximum absolute atomic E-state index is 13.7. The SMILES string of the molecule is CC(=O)O[C@@H]1O[C@@](C)([C@H]2C[C@H](C)[C@@H](C)C(=O)O2)[C@H]2CC[C@H]3[C@@H]4C[C@H]5O[C@]56[C@@H](OC(C)=O)C=CC(=O)[C@]6(C)[C@H]4CC[C@]123. The van der Waals surface area contributed by atoms with E-state index in [9.17, 15) is 19.2 Å². The Bertz CT molecular complexity index is 1240. The normalized spacial score (nSPS) is 54.6. The number of esters is 3. The lowest BCUT2D eigenvalue weighted by Crippen LogP contribution is -2.65. The van der Waals surface area contributed by atoms with Crippen LogP contribution in [0.4, 0.5) is 0 Å². The van der Waals surface area contributed by atoms with E-state index in [1.807, 2.05) is 20.8 Å². The lowest BCUT2D eigenvalue weighted by atomic mass is 9.44. The van der Waals surface area contributed by atoms with Gasteiger partial charge in [-0.15, -0.1) is 0 Å². The second-order valence-corrected chi connectivity index (χ2v) is 14.4. The van der Waals surface area contributed by atoms with E-state index in [1.54, 1.807) is 12.2 Å². The van der Waals surface area contributed by atoms with Crippen LogP contribution in [0.25, 0.3) is 0 Å². The molecule has 3 heterocycles. The van der Waals surface area contributed by atoms with Gasteiger partial charge in [-0.2, -0.15) is 0 Å². The van der Waals surface area contributed by atoms with Gasteiger partial charge >= 0.3 is 17.9 Å². The quantitative estimate of drug-likeness (QED) is 0.283. The van der Waals surface area contributed by atoms with Crippen LogP contribution in [0, 0.1) is 46.3 Å². The smallest absolute Gasteiger partial charge is 0.309 e. The summed E-state index contributed by atoms with van der Waals surface area (Å²) >= 11 is 0. The van der Waals surface area contributed by atoms with E-state index in [1.165, 1.54) is 13.8 Å². The first-order chi connectivity index (χ1) is 19.3. The van der Waals surface area contributed by atoms with Gasteiger partial charge in [0.2, 0.25) is 6.29 Å². The minimum atomic E-state index is -0.826. The molecule has 0 aromatic rings. The average molecular weight is 571 g/mol. The molecule has 3 aliphatic heterocycles. The maximum atomic E-state index is 13.7. The summed E-state index contributed by atoms with van der Waals surface area (Å²) in [7, 11) is 0. The first-order valence-corrected chi connectivity index (χ1v) is 15.4. The molecule has 0 radical (unpaired) electrons. The number of hydrogen-bond donors (Lipinski definition) is 0. The molecule has 2 spiro atoms. The van der Waals surface area contributed by atoms with Gasteiger partial charge in [0.05, 0.1) is 17.4 Å². The third-order valence-electron chi connectivity index (χ3n) is 12.9. The second kappa shape index (κ2) is 8.65. The highest BCUT2D eigenvalue weighted by Gasteiger charge is 2.83. The Morgan fingerprint density at radius 3 is 2.34 bits per heavy atom. The molecule has 224 valence electrons. The minimum absolute atomic E-state index is 0.0318. The largest absolute Gasteiger partial charge is 0.459 e. The van der Waals surface area contributed by atoms with E-state index < -0.39 is 40.5 Å². The van der Waals surface area contributed by atoms with Crippen molar-refractivity contribution in [3.05, 3.63) is 12.2 Å². The van der Waals surface area contributed by atoms with Crippen molar-refractivity contribution in [2.24, 2.45) is 46.3 Å². The van der Waals surface area contributed by atoms with Gasteiger partial charge < -0.3 is 23.7 Å². The average Bonchev–Trinajstić information content (AvgIpc) is 3.41. The van der Waals surface area contributed by atoms with Crippen molar-refractivity contribution >= 4 is 23.7 Å². The predicted molar refractivity (Wildman–Crippen MR) is 143 cm³/mol. The van der Waals surface area contributed by atoms with Gasteiger partial charge in [-0.05, 0) is 88.2 Å². The maximum Gasteiger partial charge on any atom is 0.309 e. The Morgan fingerprint density at radius 2 is 1.66 bits per heavy atom. The molecular formula is C32H42O9. The molecule has 7 aliphatic rings. The van der Waals surface area contributed by atoms with Crippen molar-refractivity contribution in [2.45, 2.75) is 116 Å². The zero-order valence-corrected chi connectivity index (χ0v) is 24.8. The second-order valence-electron chi connectivity index (χ2n) is 14.4. The van der Waals surface area contributed by atoms with Gasteiger partial charge in [0.15, 0.2) is 11.9 Å². The molecule has 3 saturated heterocycles. The number of carbonyl (C=O) groups excluding carboxylic acids is 4. The fourth-order valence-electron chi connectivity index (χ4n) is 10.9. The van der Waals surface area contributed by atoms with Crippen molar-refractivity contribution < 1.29 is 42.9 Å². The summed E-state index contributed by atoms with van der Waals surface area (Å²) < 4.78 is 31.0. The van der Waals surface area contributed by atoms with Crippen molar-refractivity contribution in [1.82, 2.24) is 0 Å². The van der Waals surface area contributed by atoms with E-state index in [2.05, 4.69) is 6.92 Å². The topological polar surface area (TPSA) is 118 Å². The molecule has 41 heavy (non-hydrogen) atoms. The van der Waals surface area contributed by atoms with Crippen LogP contribution in [0.15, 0.2) is 12.2 Å². The third kappa shape index (κ3) is 3.31. The van der Waals surface area contributed by atoms with Gasteiger partial charge in [0, 0.05) is 25.2 Å². The first-order valence-electron chi connectivity index (χ1n) is 15.4. The lowest BCUT2D eigenvalue weighted by molar-refractivity contribution is -0.238. The molecule has 14 atom stereocenters. The molecule has 9 nitrogen and oxygen atoms in total. The Balaban J connectivity index is 1.26. The monoisotopic (exact) mass is 570 g/mol. The van der Waals surface area contributed by atoms with E-state index in [4.69, 9.17) is 23.7 Å². The van der Waals surface area contributed by atoms with Crippen LogP contribution in [-0.4, -0.2) is 59.5 Å². The number of allylic oxidation sites excluding steroid dienone is 1. The van der Waals surface area contributed by atoms with Crippen molar-refractivity contribution in [2.75, 3.05) is 0 Å². The van der Waals surface area contributed by atoms with E-state index in [0.717, 1.165) is 32.1 Å². The Kier molecular flexibility index (Phi) is 5.82. The molecule has 4 aliphatic carbocycles. The fourth-order valence-corrected chi connectivity index (χ4v) is 10.9. The molecule has 0 bridgehead atoms. The summed E-state index contributed by atoms with van der Waals surface area (Å²) in [4.78, 5) is 51.0. The summed E-state index contributed by atoms with van der Waals surface area (Å²) in [6.07, 6.45) is 6.07. The molecule has 0 amide bonds. The Morgan fingerprint density at radius 1 is 0.927 bits per heavy atom.